The molecule has 1 aliphatic heterocycles. The van der Waals surface area contributed by atoms with Gasteiger partial charge in [-0.15, -0.1) is 0 Å². The molecule has 2 aromatic rings. The molecule has 0 unspecified atom stereocenters. The van der Waals surface area contributed by atoms with Crippen LogP contribution in [0.1, 0.15) is 15.9 Å². The van der Waals surface area contributed by atoms with Gasteiger partial charge in [-0.2, -0.15) is 0 Å². The molecule has 1 amide bonds. The number of ether oxygens (including phenoxy) is 3. The van der Waals surface area contributed by atoms with E-state index in [9.17, 15) is 9.59 Å². The molecule has 2 aromatic carbocycles. The number of benzene rings is 2. The van der Waals surface area contributed by atoms with E-state index in [1.165, 1.54) is 6.08 Å². The number of nitrogens with one attached hydrogen (secondary N) is 1. The standard InChI is InChI=1S/C21H19NO5/c1-3-10-26-19-8-5-14(11-20(19)25-2)4-7-17(23)15-6-9-18-16(12-15)22-21(24)13-27-18/h3-9,11-12H,1,10,13H2,2H3,(H,22,24). The van der Waals surface area contributed by atoms with Crippen molar-refractivity contribution < 1.29 is 23.8 Å². The van der Waals surface area contributed by atoms with Gasteiger partial charge in [0.1, 0.15) is 12.4 Å². The van der Waals surface area contributed by atoms with Crippen LogP contribution >= 0.6 is 0 Å². The zero-order valence-corrected chi connectivity index (χ0v) is 14.9. The van der Waals surface area contributed by atoms with Gasteiger partial charge in [0, 0.05) is 5.56 Å². The number of ketones is 1. The van der Waals surface area contributed by atoms with E-state index in [1.54, 1.807) is 49.6 Å². The van der Waals surface area contributed by atoms with E-state index < -0.39 is 0 Å². The molecule has 1 aliphatic rings. The van der Waals surface area contributed by atoms with Crippen LogP contribution in [-0.2, 0) is 4.79 Å². The molecule has 0 radical (unpaired) electrons. The third kappa shape index (κ3) is 4.36. The Bertz CT molecular complexity index is 917. The summed E-state index contributed by atoms with van der Waals surface area (Å²) in [6.07, 6.45) is 4.81. The highest BCUT2D eigenvalue weighted by Crippen LogP contribution is 2.30. The predicted octanol–water partition coefficient (Wildman–Crippen LogP) is 3.49. The molecule has 6 nitrogen and oxygen atoms in total. The smallest absolute Gasteiger partial charge is 0.262 e. The van der Waals surface area contributed by atoms with Crippen molar-refractivity contribution in [2.45, 2.75) is 0 Å². The molecule has 27 heavy (non-hydrogen) atoms. The van der Waals surface area contributed by atoms with Crippen LogP contribution < -0.4 is 19.5 Å². The summed E-state index contributed by atoms with van der Waals surface area (Å²) in [5, 5.41) is 2.69. The second kappa shape index (κ2) is 8.23. The quantitative estimate of drug-likeness (QED) is 0.462. The Balaban J connectivity index is 1.76. The minimum absolute atomic E-state index is 0.0193. The van der Waals surface area contributed by atoms with Crippen molar-refractivity contribution in [3.63, 3.8) is 0 Å². The van der Waals surface area contributed by atoms with Crippen LogP contribution in [0.3, 0.4) is 0 Å². The van der Waals surface area contributed by atoms with E-state index in [2.05, 4.69) is 11.9 Å². The Morgan fingerprint density at radius 1 is 1.26 bits per heavy atom. The van der Waals surface area contributed by atoms with Crippen molar-refractivity contribution in [3.8, 4) is 17.2 Å². The zero-order chi connectivity index (χ0) is 19.2. The van der Waals surface area contributed by atoms with Gasteiger partial charge in [0.25, 0.3) is 5.91 Å². The molecule has 6 heteroatoms. The van der Waals surface area contributed by atoms with Crippen LogP contribution in [0.2, 0.25) is 0 Å². The van der Waals surface area contributed by atoms with Crippen molar-refractivity contribution in [1.82, 2.24) is 0 Å². The van der Waals surface area contributed by atoms with E-state index in [-0.39, 0.29) is 18.3 Å². The van der Waals surface area contributed by atoms with Gasteiger partial charge in [-0.3, -0.25) is 9.59 Å². The van der Waals surface area contributed by atoms with Crippen LogP contribution in [0.4, 0.5) is 5.69 Å². The maximum absolute atomic E-state index is 12.4. The Kier molecular flexibility index (Phi) is 5.56. The molecule has 0 fully saturated rings. The molecule has 0 saturated carbocycles. The van der Waals surface area contributed by atoms with E-state index in [0.29, 0.717) is 35.1 Å². The summed E-state index contributed by atoms with van der Waals surface area (Å²) in [7, 11) is 1.55. The summed E-state index contributed by atoms with van der Waals surface area (Å²) in [5.74, 6) is 1.29. The molecule has 1 N–H and O–H groups in total. The number of carbonyl (C=O) groups excluding carboxylic acids is 2. The van der Waals surface area contributed by atoms with Gasteiger partial charge in [0.05, 0.1) is 12.8 Å². The topological polar surface area (TPSA) is 73.9 Å². The molecule has 3 rings (SSSR count). The van der Waals surface area contributed by atoms with E-state index in [1.807, 2.05) is 6.07 Å². The van der Waals surface area contributed by atoms with Gasteiger partial charge in [-0.25, -0.2) is 0 Å². The van der Waals surface area contributed by atoms with Gasteiger partial charge >= 0.3 is 0 Å². The van der Waals surface area contributed by atoms with Crippen LogP contribution in [0.25, 0.3) is 6.08 Å². The number of rotatable bonds is 7. The summed E-state index contributed by atoms with van der Waals surface area (Å²) < 4.78 is 16.1. The van der Waals surface area contributed by atoms with Gasteiger partial charge in [-0.1, -0.05) is 24.8 Å². The van der Waals surface area contributed by atoms with Gasteiger partial charge in [-0.05, 0) is 42.0 Å². The number of methoxy groups -OCH3 is 1. The van der Waals surface area contributed by atoms with Crippen molar-refractivity contribution >= 4 is 23.5 Å². The Morgan fingerprint density at radius 2 is 2.11 bits per heavy atom. The van der Waals surface area contributed by atoms with Crippen LogP contribution in [0.15, 0.2) is 55.1 Å². The first-order valence-electron chi connectivity index (χ1n) is 8.31. The van der Waals surface area contributed by atoms with Gasteiger partial charge < -0.3 is 19.5 Å². The lowest BCUT2D eigenvalue weighted by atomic mass is 10.1. The molecular formula is C21H19NO5. The number of amides is 1. The highest BCUT2D eigenvalue weighted by atomic mass is 16.5. The first kappa shape index (κ1) is 18.3. The summed E-state index contributed by atoms with van der Waals surface area (Å²) >= 11 is 0. The molecule has 0 spiro atoms. The molecule has 1 heterocycles. The fourth-order valence-electron chi connectivity index (χ4n) is 2.56. The minimum atomic E-state index is -0.242. The fraction of sp³-hybridized carbons (Fsp3) is 0.143. The maximum Gasteiger partial charge on any atom is 0.262 e. The lowest BCUT2D eigenvalue weighted by Gasteiger charge is -2.17. The first-order chi connectivity index (χ1) is 13.1. The largest absolute Gasteiger partial charge is 0.493 e. The third-order valence-corrected chi connectivity index (χ3v) is 3.87. The molecule has 0 aliphatic carbocycles. The number of allylic oxidation sites excluding steroid dienone is 1. The number of fused-ring (bicyclic) bond motifs is 1. The van der Waals surface area contributed by atoms with Crippen molar-refractivity contribution in [2.75, 3.05) is 25.6 Å². The average molecular weight is 365 g/mol. The highest BCUT2D eigenvalue weighted by molar-refractivity contribution is 6.08. The summed E-state index contributed by atoms with van der Waals surface area (Å²) in [4.78, 5) is 23.8. The maximum atomic E-state index is 12.4. The Morgan fingerprint density at radius 3 is 2.89 bits per heavy atom. The lowest BCUT2D eigenvalue weighted by molar-refractivity contribution is -0.118. The molecule has 138 valence electrons. The average Bonchev–Trinajstić information content (AvgIpc) is 2.70. The second-order valence-corrected chi connectivity index (χ2v) is 5.76. The predicted molar refractivity (Wildman–Crippen MR) is 103 cm³/mol. The minimum Gasteiger partial charge on any atom is -0.493 e. The van der Waals surface area contributed by atoms with E-state index in [0.717, 1.165) is 5.56 Å². The monoisotopic (exact) mass is 365 g/mol. The molecule has 0 saturated heterocycles. The number of anilines is 1. The van der Waals surface area contributed by atoms with Crippen LogP contribution in [0.5, 0.6) is 17.2 Å². The fourth-order valence-corrected chi connectivity index (χ4v) is 2.56. The van der Waals surface area contributed by atoms with Crippen molar-refractivity contribution in [2.24, 2.45) is 0 Å². The zero-order valence-electron chi connectivity index (χ0n) is 14.9. The third-order valence-electron chi connectivity index (χ3n) is 3.87. The van der Waals surface area contributed by atoms with E-state index in [4.69, 9.17) is 14.2 Å². The van der Waals surface area contributed by atoms with Crippen LogP contribution in [0, 0.1) is 0 Å². The molecule has 0 aromatic heterocycles. The molecule has 0 bridgehead atoms. The lowest BCUT2D eigenvalue weighted by Crippen LogP contribution is -2.25. The molecule has 0 atom stereocenters. The number of hydrogen-bond donors (Lipinski definition) is 1. The normalized spacial score (nSPS) is 12.7. The van der Waals surface area contributed by atoms with Crippen molar-refractivity contribution in [3.05, 3.63) is 66.3 Å². The van der Waals surface area contributed by atoms with Crippen molar-refractivity contribution in [1.29, 1.82) is 0 Å². The van der Waals surface area contributed by atoms with Gasteiger partial charge in [0.15, 0.2) is 23.9 Å². The number of hydrogen-bond acceptors (Lipinski definition) is 5. The summed E-state index contributed by atoms with van der Waals surface area (Å²) in [6.45, 7) is 3.97. The Hall–Kier alpha value is -3.54. The second-order valence-electron chi connectivity index (χ2n) is 5.76. The number of carbonyl (C=O) groups is 2. The highest BCUT2D eigenvalue weighted by Gasteiger charge is 2.17. The Labute approximate surface area is 157 Å². The summed E-state index contributed by atoms with van der Waals surface area (Å²) in [5.41, 5.74) is 1.74. The van der Waals surface area contributed by atoms with E-state index >= 15 is 0 Å². The SMILES string of the molecule is C=CCOc1ccc(C=CC(=O)c2ccc3c(c2)NC(=O)CO3)cc1OC. The summed E-state index contributed by atoms with van der Waals surface area (Å²) in [6, 6.07) is 10.3. The van der Waals surface area contributed by atoms with Gasteiger partial charge in [0.2, 0.25) is 0 Å². The first-order valence-corrected chi connectivity index (χ1v) is 8.31. The van der Waals surface area contributed by atoms with Crippen LogP contribution in [-0.4, -0.2) is 32.0 Å². The molecular weight excluding hydrogens is 346 g/mol.